The molecule has 1 heterocycles. The number of aromatic nitrogens is 2. The van der Waals surface area contributed by atoms with E-state index in [2.05, 4.69) is 46.9 Å². The zero-order valence-electron chi connectivity index (χ0n) is 10.0. The second kappa shape index (κ2) is 5.01. The van der Waals surface area contributed by atoms with Crippen LogP contribution in [-0.2, 0) is 6.54 Å². The summed E-state index contributed by atoms with van der Waals surface area (Å²) in [6.45, 7) is 6.36. The lowest BCUT2D eigenvalue weighted by Crippen LogP contribution is -2.08. The minimum absolute atomic E-state index is 0.979. The van der Waals surface area contributed by atoms with Crippen molar-refractivity contribution in [2.24, 2.45) is 0 Å². The molecule has 1 aromatic heterocycles. The van der Waals surface area contributed by atoms with Gasteiger partial charge in [-0.25, -0.2) is 4.98 Å². The van der Waals surface area contributed by atoms with Gasteiger partial charge >= 0.3 is 0 Å². The van der Waals surface area contributed by atoms with Gasteiger partial charge in [0.25, 0.3) is 0 Å². The van der Waals surface area contributed by atoms with E-state index in [1.807, 2.05) is 6.07 Å². The monoisotopic (exact) mass is 217 g/mol. The van der Waals surface area contributed by atoms with Gasteiger partial charge in [0, 0.05) is 13.1 Å². The van der Waals surface area contributed by atoms with E-state index in [0.717, 1.165) is 37.4 Å². The molecular weight excluding hydrogens is 198 g/mol. The van der Waals surface area contributed by atoms with Crippen molar-refractivity contribution < 1.29 is 0 Å². The van der Waals surface area contributed by atoms with Gasteiger partial charge in [0.2, 0.25) is 5.95 Å². The molecule has 3 heteroatoms. The summed E-state index contributed by atoms with van der Waals surface area (Å²) >= 11 is 0. The third-order valence-electron chi connectivity index (χ3n) is 2.63. The van der Waals surface area contributed by atoms with E-state index in [4.69, 9.17) is 0 Å². The lowest BCUT2D eigenvalue weighted by molar-refractivity contribution is 0.699. The zero-order valence-corrected chi connectivity index (χ0v) is 10.0. The number of imidazole rings is 1. The highest BCUT2D eigenvalue weighted by Crippen LogP contribution is 2.19. The maximum absolute atomic E-state index is 4.62. The first-order valence-electron chi connectivity index (χ1n) is 6.06. The summed E-state index contributed by atoms with van der Waals surface area (Å²) in [6, 6.07) is 8.31. The van der Waals surface area contributed by atoms with Crippen molar-refractivity contribution in [2.45, 2.75) is 33.2 Å². The van der Waals surface area contributed by atoms with Crippen LogP contribution in [0.5, 0.6) is 0 Å². The first kappa shape index (κ1) is 11.0. The van der Waals surface area contributed by atoms with Gasteiger partial charge in [0.15, 0.2) is 0 Å². The summed E-state index contributed by atoms with van der Waals surface area (Å²) < 4.78 is 2.27. The number of hydrogen-bond acceptors (Lipinski definition) is 2. The molecule has 0 spiro atoms. The fraction of sp³-hybridized carbons (Fsp3) is 0.462. The van der Waals surface area contributed by atoms with E-state index in [1.54, 1.807) is 0 Å². The fourth-order valence-electron chi connectivity index (χ4n) is 1.90. The molecule has 0 radical (unpaired) electrons. The minimum atomic E-state index is 0.979. The number of nitrogens with zero attached hydrogens (tertiary/aromatic N) is 2. The van der Waals surface area contributed by atoms with Crippen LogP contribution in [0.3, 0.4) is 0 Å². The Morgan fingerprint density at radius 3 is 2.75 bits per heavy atom. The molecule has 2 aromatic rings. The Labute approximate surface area is 96.5 Å². The van der Waals surface area contributed by atoms with E-state index in [9.17, 15) is 0 Å². The van der Waals surface area contributed by atoms with Gasteiger partial charge in [-0.05, 0) is 25.0 Å². The number of hydrogen-bond donors (Lipinski definition) is 1. The quantitative estimate of drug-likeness (QED) is 0.833. The van der Waals surface area contributed by atoms with Gasteiger partial charge in [-0.15, -0.1) is 0 Å². The largest absolute Gasteiger partial charge is 0.356 e. The Morgan fingerprint density at radius 1 is 1.19 bits per heavy atom. The summed E-state index contributed by atoms with van der Waals surface area (Å²) in [5, 5.41) is 3.39. The molecule has 0 saturated heterocycles. The van der Waals surface area contributed by atoms with Gasteiger partial charge in [0.05, 0.1) is 11.0 Å². The molecule has 3 nitrogen and oxygen atoms in total. The molecule has 0 aliphatic heterocycles. The number of aryl methyl sites for hydroxylation is 1. The van der Waals surface area contributed by atoms with Crippen LogP contribution in [0.25, 0.3) is 11.0 Å². The lowest BCUT2D eigenvalue weighted by Gasteiger charge is -2.08. The summed E-state index contributed by atoms with van der Waals surface area (Å²) in [5.41, 5.74) is 2.30. The number of anilines is 1. The maximum Gasteiger partial charge on any atom is 0.203 e. The summed E-state index contributed by atoms with van der Waals surface area (Å²) in [5.74, 6) is 1.00. The zero-order chi connectivity index (χ0) is 11.4. The van der Waals surface area contributed by atoms with Crippen LogP contribution < -0.4 is 5.32 Å². The lowest BCUT2D eigenvalue weighted by atomic mass is 10.3. The van der Waals surface area contributed by atoms with Crippen LogP contribution >= 0.6 is 0 Å². The average molecular weight is 217 g/mol. The molecule has 0 fully saturated rings. The van der Waals surface area contributed by atoms with Crippen LogP contribution in [0, 0.1) is 0 Å². The Balaban J connectivity index is 2.41. The minimum Gasteiger partial charge on any atom is -0.356 e. The Morgan fingerprint density at radius 2 is 2.00 bits per heavy atom. The molecule has 0 aliphatic carbocycles. The molecule has 1 N–H and O–H groups in total. The van der Waals surface area contributed by atoms with Crippen LogP contribution in [0.15, 0.2) is 24.3 Å². The third kappa shape index (κ3) is 2.03. The van der Waals surface area contributed by atoms with Crippen molar-refractivity contribution in [3.05, 3.63) is 24.3 Å². The predicted molar refractivity (Wildman–Crippen MR) is 68.8 cm³/mol. The topological polar surface area (TPSA) is 29.9 Å². The van der Waals surface area contributed by atoms with E-state index < -0.39 is 0 Å². The second-order valence-electron chi connectivity index (χ2n) is 4.00. The number of nitrogens with one attached hydrogen (secondary N) is 1. The molecule has 0 unspecified atom stereocenters. The molecule has 2 rings (SSSR count). The van der Waals surface area contributed by atoms with E-state index in [-0.39, 0.29) is 0 Å². The van der Waals surface area contributed by atoms with Crippen molar-refractivity contribution in [2.75, 3.05) is 11.9 Å². The Bertz CT molecular complexity index is 459. The van der Waals surface area contributed by atoms with Crippen molar-refractivity contribution in [1.29, 1.82) is 0 Å². The molecule has 86 valence electrons. The Kier molecular flexibility index (Phi) is 3.44. The SMILES string of the molecule is CCCNc1nc2ccccc2n1CCC. The standard InChI is InChI=1S/C13H19N3/c1-3-9-14-13-15-11-7-5-6-8-12(11)16(13)10-4-2/h5-8H,3-4,9-10H2,1-2H3,(H,14,15). The number of rotatable bonds is 5. The van der Waals surface area contributed by atoms with E-state index in [0.29, 0.717) is 0 Å². The summed E-state index contributed by atoms with van der Waals surface area (Å²) in [6.07, 6.45) is 2.25. The van der Waals surface area contributed by atoms with Gasteiger partial charge in [-0.2, -0.15) is 0 Å². The highest BCUT2D eigenvalue weighted by molar-refractivity contribution is 5.78. The first-order valence-corrected chi connectivity index (χ1v) is 6.06. The molecular formula is C13H19N3. The second-order valence-corrected chi connectivity index (χ2v) is 4.00. The molecule has 0 aliphatic rings. The van der Waals surface area contributed by atoms with Gasteiger partial charge in [-0.1, -0.05) is 26.0 Å². The highest BCUT2D eigenvalue weighted by atomic mass is 15.2. The highest BCUT2D eigenvalue weighted by Gasteiger charge is 2.08. The first-order chi connectivity index (χ1) is 7.86. The van der Waals surface area contributed by atoms with Gasteiger partial charge < -0.3 is 9.88 Å². The van der Waals surface area contributed by atoms with E-state index >= 15 is 0 Å². The van der Waals surface area contributed by atoms with Gasteiger partial charge in [-0.3, -0.25) is 0 Å². The summed E-state index contributed by atoms with van der Waals surface area (Å²) in [7, 11) is 0. The molecule has 0 bridgehead atoms. The average Bonchev–Trinajstić information content (AvgIpc) is 2.66. The van der Waals surface area contributed by atoms with Crippen molar-refractivity contribution in [3.8, 4) is 0 Å². The smallest absolute Gasteiger partial charge is 0.203 e. The van der Waals surface area contributed by atoms with Crippen LogP contribution in [0.1, 0.15) is 26.7 Å². The molecule has 0 saturated carbocycles. The van der Waals surface area contributed by atoms with Crippen molar-refractivity contribution >= 4 is 17.0 Å². The van der Waals surface area contributed by atoms with Crippen LogP contribution in [0.4, 0.5) is 5.95 Å². The Hall–Kier alpha value is -1.51. The summed E-state index contributed by atoms with van der Waals surface area (Å²) in [4.78, 5) is 4.62. The van der Waals surface area contributed by atoms with E-state index in [1.165, 1.54) is 5.52 Å². The van der Waals surface area contributed by atoms with Crippen molar-refractivity contribution in [3.63, 3.8) is 0 Å². The predicted octanol–water partition coefficient (Wildman–Crippen LogP) is 3.27. The maximum atomic E-state index is 4.62. The van der Waals surface area contributed by atoms with Crippen LogP contribution in [0.2, 0.25) is 0 Å². The molecule has 1 aromatic carbocycles. The fourth-order valence-corrected chi connectivity index (χ4v) is 1.90. The van der Waals surface area contributed by atoms with Gasteiger partial charge in [0.1, 0.15) is 0 Å². The normalized spacial score (nSPS) is 10.9. The van der Waals surface area contributed by atoms with Crippen molar-refractivity contribution in [1.82, 2.24) is 9.55 Å². The van der Waals surface area contributed by atoms with Crippen LogP contribution in [-0.4, -0.2) is 16.1 Å². The third-order valence-corrected chi connectivity index (χ3v) is 2.63. The number of fused-ring (bicyclic) bond motifs is 1. The molecule has 0 atom stereocenters. The number of benzene rings is 1. The molecule has 0 amide bonds. The number of para-hydroxylation sites is 2. The molecule has 16 heavy (non-hydrogen) atoms.